The van der Waals surface area contributed by atoms with Gasteiger partial charge in [0.25, 0.3) is 5.92 Å². The van der Waals surface area contributed by atoms with Crippen molar-refractivity contribution in [3.8, 4) is 0 Å². The predicted molar refractivity (Wildman–Crippen MR) is 100 cm³/mol. The van der Waals surface area contributed by atoms with Crippen LogP contribution in [0.4, 0.5) is 13.6 Å². The first-order chi connectivity index (χ1) is 12.4. The molecule has 150 valence electrons. The fourth-order valence-corrected chi connectivity index (χ4v) is 3.39. The van der Waals surface area contributed by atoms with E-state index < -0.39 is 24.9 Å². The lowest BCUT2D eigenvalue weighted by Gasteiger charge is -2.37. The van der Waals surface area contributed by atoms with Gasteiger partial charge in [0.05, 0.1) is 12.6 Å². The lowest BCUT2D eigenvalue weighted by Crippen LogP contribution is -2.55. The molecule has 1 atom stereocenters. The summed E-state index contributed by atoms with van der Waals surface area (Å²) in [7, 11) is 1.75. The van der Waals surface area contributed by atoms with E-state index in [9.17, 15) is 18.4 Å². The molecule has 1 aromatic rings. The van der Waals surface area contributed by atoms with Gasteiger partial charge < -0.3 is 14.7 Å². The molecule has 2 saturated heterocycles. The van der Waals surface area contributed by atoms with Gasteiger partial charge in [-0.2, -0.15) is 0 Å². The number of alkyl halides is 2. The van der Waals surface area contributed by atoms with Crippen LogP contribution in [0.5, 0.6) is 0 Å². The van der Waals surface area contributed by atoms with Crippen molar-refractivity contribution < 1.29 is 18.4 Å². The number of carbonyl (C=O) groups is 2. The molecular formula is C18H25ClF2N4O2. The summed E-state index contributed by atoms with van der Waals surface area (Å²) < 4.78 is 26.5. The topological polar surface area (TPSA) is 55.9 Å². The van der Waals surface area contributed by atoms with Crippen LogP contribution in [-0.2, 0) is 11.3 Å². The van der Waals surface area contributed by atoms with Crippen molar-refractivity contribution in [3.05, 3.63) is 35.9 Å². The third kappa shape index (κ3) is 5.29. The molecule has 0 aliphatic carbocycles. The summed E-state index contributed by atoms with van der Waals surface area (Å²) in [6.45, 7) is 1.62. The van der Waals surface area contributed by atoms with E-state index in [1.807, 2.05) is 30.3 Å². The summed E-state index contributed by atoms with van der Waals surface area (Å²) in [4.78, 5) is 29.8. The van der Waals surface area contributed by atoms with Crippen molar-refractivity contribution in [2.24, 2.45) is 0 Å². The van der Waals surface area contributed by atoms with Crippen LogP contribution in [0.1, 0.15) is 12.0 Å². The first kappa shape index (κ1) is 21.4. The average Bonchev–Trinajstić information content (AvgIpc) is 3.01. The maximum Gasteiger partial charge on any atom is 0.320 e. The Balaban J connectivity index is 0.00000261. The summed E-state index contributed by atoms with van der Waals surface area (Å²) in [6, 6.07) is 8.79. The molecule has 2 aliphatic rings. The van der Waals surface area contributed by atoms with Crippen LogP contribution >= 0.6 is 12.4 Å². The number of benzene rings is 1. The SMILES string of the molecule is CN(Cc1ccccc1)C(=O)N1CCN(C(=O)C2CC(F)(F)CN2)CC1.Cl. The van der Waals surface area contributed by atoms with Gasteiger partial charge in [0.15, 0.2) is 0 Å². The molecule has 0 aromatic heterocycles. The minimum Gasteiger partial charge on any atom is -0.338 e. The van der Waals surface area contributed by atoms with Crippen molar-refractivity contribution in [1.29, 1.82) is 0 Å². The second kappa shape index (κ2) is 8.84. The van der Waals surface area contributed by atoms with E-state index in [-0.39, 0.29) is 24.3 Å². The minimum atomic E-state index is -2.82. The van der Waals surface area contributed by atoms with Crippen LogP contribution in [0, 0.1) is 0 Å². The number of piperazine rings is 1. The molecule has 1 N–H and O–H groups in total. The van der Waals surface area contributed by atoms with Crippen molar-refractivity contribution in [1.82, 2.24) is 20.0 Å². The molecule has 0 bridgehead atoms. The number of hydrogen-bond donors (Lipinski definition) is 1. The van der Waals surface area contributed by atoms with Gasteiger partial charge in [-0.15, -0.1) is 12.4 Å². The minimum absolute atomic E-state index is 0. The summed E-state index contributed by atoms with van der Waals surface area (Å²) in [5.74, 6) is -3.12. The lowest BCUT2D eigenvalue weighted by atomic mass is 10.1. The number of amides is 3. The molecule has 2 heterocycles. The van der Waals surface area contributed by atoms with Gasteiger partial charge in [0.1, 0.15) is 0 Å². The lowest BCUT2D eigenvalue weighted by molar-refractivity contribution is -0.135. The third-order valence-corrected chi connectivity index (χ3v) is 4.86. The molecule has 0 radical (unpaired) electrons. The summed E-state index contributed by atoms with van der Waals surface area (Å²) >= 11 is 0. The Morgan fingerprint density at radius 1 is 1.15 bits per heavy atom. The summed E-state index contributed by atoms with van der Waals surface area (Å²) in [6.07, 6.45) is -0.454. The quantitative estimate of drug-likeness (QED) is 0.838. The molecule has 0 saturated carbocycles. The van der Waals surface area contributed by atoms with E-state index in [0.29, 0.717) is 32.7 Å². The maximum atomic E-state index is 13.3. The van der Waals surface area contributed by atoms with Gasteiger partial charge in [0.2, 0.25) is 5.91 Å². The first-order valence-electron chi connectivity index (χ1n) is 8.80. The number of rotatable bonds is 3. The fraction of sp³-hybridized carbons (Fsp3) is 0.556. The van der Waals surface area contributed by atoms with Gasteiger partial charge >= 0.3 is 6.03 Å². The van der Waals surface area contributed by atoms with Gasteiger partial charge in [-0.05, 0) is 5.56 Å². The number of urea groups is 1. The zero-order chi connectivity index (χ0) is 18.7. The van der Waals surface area contributed by atoms with E-state index in [0.717, 1.165) is 5.56 Å². The first-order valence-corrected chi connectivity index (χ1v) is 8.80. The molecule has 0 spiro atoms. The van der Waals surface area contributed by atoms with Crippen LogP contribution in [-0.4, -0.2) is 78.4 Å². The second-order valence-electron chi connectivity index (χ2n) is 6.93. The zero-order valence-corrected chi connectivity index (χ0v) is 16.1. The Hall–Kier alpha value is -1.93. The highest BCUT2D eigenvalue weighted by atomic mass is 35.5. The Labute approximate surface area is 163 Å². The monoisotopic (exact) mass is 402 g/mol. The molecule has 1 unspecified atom stereocenters. The van der Waals surface area contributed by atoms with E-state index in [4.69, 9.17) is 0 Å². The number of hydrogen-bond acceptors (Lipinski definition) is 3. The molecule has 3 rings (SSSR count). The largest absolute Gasteiger partial charge is 0.338 e. The standard InChI is InChI=1S/C18H24F2N4O2.ClH/c1-22(12-14-5-3-2-4-6-14)17(26)24-9-7-23(8-10-24)16(25)15-11-18(19,20)13-21-15;/h2-6,15,21H,7-13H2,1H3;1H. The summed E-state index contributed by atoms with van der Waals surface area (Å²) in [5.41, 5.74) is 1.05. The predicted octanol–water partition coefficient (Wildman–Crippen LogP) is 1.80. The normalized spacial score (nSPS) is 21.5. The Morgan fingerprint density at radius 3 is 2.30 bits per heavy atom. The van der Waals surface area contributed by atoms with Gasteiger partial charge in [-0.1, -0.05) is 30.3 Å². The van der Waals surface area contributed by atoms with Crippen molar-refractivity contribution >= 4 is 24.3 Å². The van der Waals surface area contributed by atoms with E-state index in [2.05, 4.69) is 5.32 Å². The van der Waals surface area contributed by atoms with Crippen LogP contribution in [0.25, 0.3) is 0 Å². The van der Waals surface area contributed by atoms with Crippen molar-refractivity contribution in [3.63, 3.8) is 0 Å². The van der Waals surface area contributed by atoms with Gasteiger partial charge in [-0.25, -0.2) is 13.6 Å². The zero-order valence-electron chi connectivity index (χ0n) is 15.2. The van der Waals surface area contributed by atoms with Crippen LogP contribution in [0.3, 0.4) is 0 Å². The summed E-state index contributed by atoms with van der Waals surface area (Å²) in [5, 5.41) is 2.59. The van der Waals surface area contributed by atoms with Gasteiger partial charge in [0, 0.05) is 46.2 Å². The van der Waals surface area contributed by atoms with E-state index >= 15 is 0 Å². The molecule has 3 amide bonds. The molecular weight excluding hydrogens is 378 g/mol. The molecule has 2 aliphatic heterocycles. The second-order valence-corrected chi connectivity index (χ2v) is 6.93. The highest BCUT2D eigenvalue weighted by molar-refractivity contribution is 5.85. The average molecular weight is 403 g/mol. The molecule has 6 nitrogen and oxygen atoms in total. The number of nitrogens with zero attached hydrogens (tertiary/aromatic N) is 3. The number of nitrogens with one attached hydrogen (secondary N) is 1. The highest BCUT2D eigenvalue weighted by Gasteiger charge is 2.44. The van der Waals surface area contributed by atoms with E-state index in [1.54, 1.807) is 21.7 Å². The molecule has 27 heavy (non-hydrogen) atoms. The third-order valence-electron chi connectivity index (χ3n) is 4.86. The fourth-order valence-electron chi connectivity index (χ4n) is 3.39. The van der Waals surface area contributed by atoms with Gasteiger partial charge in [-0.3, -0.25) is 10.1 Å². The smallest absolute Gasteiger partial charge is 0.320 e. The Morgan fingerprint density at radius 2 is 1.74 bits per heavy atom. The Kier molecular flexibility index (Phi) is 7.00. The molecule has 2 fully saturated rings. The van der Waals surface area contributed by atoms with Crippen molar-refractivity contribution in [2.45, 2.75) is 24.9 Å². The van der Waals surface area contributed by atoms with Crippen molar-refractivity contribution in [2.75, 3.05) is 39.8 Å². The van der Waals surface area contributed by atoms with E-state index in [1.165, 1.54) is 0 Å². The number of carbonyl (C=O) groups excluding carboxylic acids is 2. The van der Waals surface area contributed by atoms with Crippen LogP contribution in [0.2, 0.25) is 0 Å². The Bertz CT molecular complexity index is 654. The molecule has 1 aromatic carbocycles. The maximum absolute atomic E-state index is 13.3. The number of halogens is 3. The van der Waals surface area contributed by atoms with Crippen LogP contribution in [0.15, 0.2) is 30.3 Å². The highest BCUT2D eigenvalue weighted by Crippen LogP contribution is 2.26. The molecule has 9 heteroatoms. The van der Waals surface area contributed by atoms with Crippen LogP contribution < -0.4 is 5.32 Å².